The van der Waals surface area contributed by atoms with Crippen LogP contribution in [-0.4, -0.2) is 41.8 Å². The average molecular weight is 465 g/mol. The number of amides is 2. The highest BCUT2D eigenvalue weighted by atomic mass is 16.6. The Morgan fingerprint density at radius 2 is 1.88 bits per heavy atom. The van der Waals surface area contributed by atoms with Crippen molar-refractivity contribution in [2.24, 2.45) is 5.92 Å². The molecule has 2 fully saturated rings. The number of aliphatic hydroxyl groups excluding tert-OH is 1. The molecule has 0 unspecified atom stereocenters. The van der Waals surface area contributed by atoms with Crippen LogP contribution in [0.3, 0.4) is 0 Å². The van der Waals surface area contributed by atoms with Gasteiger partial charge in [0.1, 0.15) is 18.0 Å². The first-order chi connectivity index (χ1) is 16.5. The summed E-state index contributed by atoms with van der Waals surface area (Å²) >= 11 is 0. The second-order valence-corrected chi connectivity index (χ2v) is 9.76. The summed E-state index contributed by atoms with van der Waals surface area (Å²) in [6.07, 6.45) is 2.52. The Labute approximate surface area is 199 Å². The molecule has 1 saturated heterocycles. The van der Waals surface area contributed by atoms with Gasteiger partial charge in [-0.3, -0.25) is 9.59 Å². The van der Waals surface area contributed by atoms with Crippen LogP contribution in [0.15, 0.2) is 48.5 Å². The monoisotopic (exact) mass is 464 g/mol. The number of anilines is 1. The molecule has 2 amide bonds. The molecule has 5 rings (SSSR count). The van der Waals surface area contributed by atoms with Crippen LogP contribution in [0, 0.1) is 5.92 Å². The minimum atomic E-state index is -0.511. The molecule has 180 valence electrons. The number of carbonyl (C=O) groups is 2. The number of nitrogens with one attached hydrogen (secondary N) is 2. The molecule has 3 aliphatic rings. The zero-order chi connectivity index (χ0) is 23.7. The summed E-state index contributed by atoms with van der Waals surface area (Å²) in [4.78, 5) is 25.0. The predicted octanol–water partition coefficient (Wildman–Crippen LogP) is 3.69. The van der Waals surface area contributed by atoms with Crippen molar-refractivity contribution in [1.82, 2.24) is 5.32 Å². The zero-order valence-corrected chi connectivity index (χ0v) is 19.4. The molecule has 3 N–H and O–H groups in total. The van der Waals surface area contributed by atoms with Gasteiger partial charge in [-0.25, -0.2) is 0 Å². The largest absolute Gasteiger partial charge is 0.487 e. The van der Waals surface area contributed by atoms with Gasteiger partial charge >= 0.3 is 0 Å². The van der Waals surface area contributed by atoms with E-state index >= 15 is 0 Å². The molecule has 0 aromatic heterocycles. The Kier molecular flexibility index (Phi) is 6.57. The van der Waals surface area contributed by atoms with E-state index in [-0.39, 0.29) is 49.0 Å². The van der Waals surface area contributed by atoms with E-state index < -0.39 is 6.10 Å². The molecule has 7 heteroatoms. The Morgan fingerprint density at radius 1 is 1.09 bits per heavy atom. The van der Waals surface area contributed by atoms with Gasteiger partial charge in [0.2, 0.25) is 11.8 Å². The first-order valence-electron chi connectivity index (χ1n) is 12.2. The quantitative estimate of drug-likeness (QED) is 0.554. The van der Waals surface area contributed by atoms with E-state index in [0.29, 0.717) is 18.8 Å². The molecule has 2 heterocycles. The maximum absolute atomic E-state index is 12.8. The molecule has 2 aromatic rings. The lowest BCUT2D eigenvalue weighted by atomic mass is 9.84. The van der Waals surface area contributed by atoms with Crippen molar-refractivity contribution in [3.63, 3.8) is 0 Å². The fraction of sp³-hybridized carbons (Fsp3) is 0.481. The molecule has 34 heavy (non-hydrogen) atoms. The normalized spacial score (nSPS) is 26.1. The van der Waals surface area contributed by atoms with Crippen LogP contribution in [0.25, 0.3) is 0 Å². The highest BCUT2D eigenvalue weighted by Crippen LogP contribution is 2.47. The van der Waals surface area contributed by atoms with Crippen LogP contribution in [-0.2, 0) is 14.3 Å². The predicted molar refractivity (Wildman–Crippen MR) is 128 cm³/mol. The Bertz CT molecular complexity index is 1040. The van der Waals surface area contributed by atoms with E-state index in [2.05, 4.69) is 10.6 Å². The smallest absolute Gasteiger partial charge is 0.224 e. The second kappa shape index (κ2) is 9.76. The van der Waals surface area contributed by atoms with Gasteiger partial charge in [0, 0.05) is 23.6 Å². The van der Waals surface area contributed by atoms with Crippen LogP contribution in [0.1, 0.15) is 62.1 Å². The molecule has 7 nitrogen and oxygen atoms in total. The van der Waals surface area contributed by atoms with Crippen molar-refractivity contribution in [1.29, 1.82) is 0 Å². The number of rotatable bonds is 8. The molecule has 0 bridgehead atoms. The number of carbonyl (C=O) groups excluding carboxylic acids is 2. The first-order valence-corrected chi connectivity index (χ1v) is 12.2. The number of hydrogen-bond acceptors (Lipinski definition) is 5. The third-order valence-electron chi connectivity index (χ3n) is 7.04. The summed E-state index contributed by atoms with van der Waals surface area (Å²) < 4.78 is 12.2. The summed E-state index contributed by atoms with van der Waals surface area (Å²) in [5.41, 5.74) is 2.80. The van der Waals surface area contributed by atoms with Crippen molar-refractivity contribution >= 4 is 17.5 Å². The Morgan fingerprint density at radius 3 is 2.62 bits per heavy atom. The summed E-state index contributed by atoms with van der Waals surface area (Å²) in [7, 11) is 0. The van der Waals surface area contributed by atoms with Crippen LogP contribution < -0.4 is 15.4 Å². The molecule has 0 radical (unpaired) electrons. The molecule has 5 atom stereocenters. The second-order valence-electron chi connectivity index (χ2n) is 9.76. The summed E-state index contributed by atoms with van der Waals surface area (Å²) in [6.45, 7) is 1.78. The van der Waals surface area contributed by atoms with E-state index in [1.54, 1.807) is 0 Å². The maximum Gasteiger partial charge on any atom is 0.224 e. The van der Waals surface area contributed by atoms with Crippen LogP contribution in [0.2, 0.25) is 0 Å². The first kappa shape index (κ1) is 22.9. The van der Waals surface area contributed by atoms with E-state index in [1.807, 2.05) is 55.5 Å². The number of hydrogen-bond donors (Lipinski definition) is 3. The number of ether oxygens (including phenoxy) is 2. The van der Waals surface area contributed by atoms with Gasteiger partial charge in [0.25, 0.3) is 0 Å². The molecule has 1 aliphatic carbocycles. The van der Waals surface area contributed by atoms with E-state index in [4.69, 9.17) is 9.47 Å². The highest BCUT2D eigenvalue weighted by molar-refractivity contribution is 5.91. The lowest BCUT2D eigenvalue weighted by Gasteiger charge is -2.37. The Hall–Kier alpha value is -2.90. The Balaban J connectivity index is 1.25. The van der Waals surface area contributed by atoms with E-state index in [1.165, 1.54) is 0 Å². The number of benzene rings is 2. The van der Waals surface area contributed by atoms with Gasteiger partial charge in [0.05, 0.1) is 25.2 Å². The van der Waals surface area contributed by atoms with E-state index in [9.17, 15) is 14.7 Å². The fourth-order valence-electron chi connectivity index (χ4n) is 5.10. The lowest BCUT2D eigenvalue weighted by Crippen LogP contribution is -2.47. The molecule has 1 saturated carbocycles. The third kappa shape index (κ3) is 5.10. The minimum Gasteiger partial charge on any atom is -0.487 e. The SMILES string of the molecule is C[C@H](NC(=O)C[C@@H]1C[C@@H]2c3cc(NC(=O)CC4CC4)ccc3O[C@@H]2[C@@H](CO)O1)c1ccccc1. The number of aliphatic hydroxyl groups is 1. The van der Waals surface area contributed by atoms with E-state index in [0.717, 1.165) is 35.4 Å². The van der Waals surface area contributed by atoms with Gasteiger partial charge in [0.15, 0.2) is 0 Å². The molecule has 0 spiro atoms. The maximum atomic E-state index is 12.8. The molecular weight excluding hydrogens is 432 g/mol. The van der Waals surface area contributed by atoms with Gasteiger partial charge in [-0.2, -0.15) is 0 Å². The van der Waals surface area contributed by atoms with Crippen LogP contribution in [0.4, 0.5) is 5.69 Å². The molecular formula is C27H32N2O5. The van der Waals surface area contributed by atoms with Crippen molar-refractivity contribution < 1.29 is 24.2 Å². The summed E-state index contributed by atoms with van der Waals surface area (Å²) in [5, 5.41) is 16.0. The highest BCUT2D eigenvalue weighted by Gasteiger charge is 2.46. The summed E-state index contributed by atoms with van der Waals surface area (Å²) in [5.74, 6) is 1.22. The van der Waals surface area contributed by atoms with Crippen molar-refractivity contribution in [3.8, 4) is 5.75 Å². The van der Waals surface area contributed by atoms with Crippen LogP contribution >= 0.6 is 0 Å². The van der Waals surface area contributed by atoms with Crippen LogP contribution in [0.5, 0.6) is 5.75 Å². The van der Waals surface area contributed by atoms with Gasteiger partial charge < -0.3 is 25.2 Å². The molecule has 2 aliphatic heterocycles. The minimum absolute atomic E-state index is 0.00877. The zero-order valence-electron chi connectivity index (χ0n) is 19.4. The van der Waals surface area contributed by atoms with Gasteiger partial charge in [-0.1, -0.05) is 30.3 Å². The summed E-state index contributed by atoms with van der Waals surface area (Å²) in [6, 6.07) is 15.4. The van der Waals surface area contributed by atoms with Crippen molar-refractivity contribution in [2.45, 2.75) is 69.3 Å². The van der Waals surface area contributed by atoms with Gasteiger partial charge in [-0.05, 0) is 55.9 Å². The van der Waals surface area contributed by atoms with Gasteiger partial charge in [-0.15, -0.1) is 0 Å². The molecule has 2 aromatic carbocycles. The topological polar surface area (TPSA) is 96.9 Å². The lowest BCUT2D eigenvalue weighted by molar-refractivity contribution is -0.142. The van der Waals surface area contributed by atoms with Crippen molar-refractivity contribution in [3.05, 3.63) is 59.7 Å². The average Bonchev–Trinajstić information content (AvgIpc) is 3.57. The van der Waals surface area contributed by atoms with Crippen molar-refractivity contribution in [2.75, 3.05) is 11.9 Å². The number of fused-ring (bicyclic) bond motifs is 3. The third-order valence-corrected chi connectivity index (χ3v) is 7.04. The fourth-order valence-corrected chi connectivity index (χ4v) is 5.10. The standard InChI is InChI=1S/C27H32N2O5/c1-16(18-5-3-2-4-6-18)28-26(32)14-20-13-22-21-12-19(29-25(31)11-17-7-8-17)9-10-23(21)34-27(22)24(15-30)33-20/h2-6,9-10,12,16-17,20,22,24,27,30H,7-8,11,13-15H2,1H3,(H,28,32)(H,29,31)/t16-,20-,22+,24+,27-/m0/s1.